The number of hydrogen-bond donors (Lipinski definition) is 1. The molecule has 0 radical (unpaired) electrons. The van der Waals surface area contributed by atoms with E-state index in [0.717, 1.165) is 17.7 Å². The lowest BCUT2D eigenvalue weighted by molar-refractivity contribution is -0.137. The van der Waals surface area contributed by atoms with Gasteiger partial charge in [0.05, 0.1) is 11.7 Å². The molecule has 4 aromatic carbocycles. The summed E-state index contributed by atoms with van der Waals surface area (Å²) in [6, 6.07) is 24.9. The van der Waals surface area contributed by atoms with Gasteiger partial charge in [-0.1, -0.05) is 56.3 Å². The van der Waals surface area contributed by atoms with Gasteiger partial charge < -0.3 is 14.7 Å². The van der Waals surface area contributed by atoms with E-state index >= 15 is 0 Å². The molecule has 4 aromatic rings. The summed E-state index contributed by atoms with van der Waals surface area (Å²) in [5.74, 6) is 1.43. The van der Waals surface area contributed by atoms with E-state index in [1.165, 1.54) is 30.3 Å². The van der Waals surface area contributed by atoms with Crippen LogP contribution in [0.4, 0.5) is 32.0 Å². The maximum atomic E-state index is 13.0. The molecule has 0 amide bonds. The number of aliphatic hydroxyl groups excluding tert-OH is 1. The van der Waals surface area contributed by atoms with E-state index in [4.69, 9.17) is 4.74 Å². The third-order valence-corrected chi connectivity index (χ3v) is 7.19. The van der Waals surface area contributed by atoms with E-state index in [1.54, 1.807) is 35.2 Å². The second-order valence-corrected chi connectivity index (χ2v) is 11.2. The summed E-state index contributed by atoms with van der Waals surface area (Å²) in [4.78, 5) is 1.77. The van der Waals surface area contributed by atoms with Gasteiger partial charge in [-0.15, -0.1) is 0 Å². The van der Waals surface area contributed by atoms with E-state index in [2.05, 4.69) is 13.8 Å². The van der Waals surface area contributed by atoms with Gasteiger partial charge in [0.25, 0.3) is 0 Å². The van der Waals surface area contributed by atoms with Crippen molar-refractivity contribution < 1.29 is 36.2 Å². The van der Waals surface area contributed by atoms with Crippen molar-refractivity contribution in [2.24, 2.45) is 0 Å². The maximum Gasteiger partial charge on any atom is 0.446 e. The van der Waals surface area contributed by atoms with Gasteiger partial charge in [0.1, 0.15) is 11.5 Å². The molecule has 0 aliphatic heterocycles. The minimum Gasteiger partial charge on any atom is -0.457 e. The highest BCUT2D eigenvalue weighted by Crippen LogP contribution is 2.37. The van der Waals surface area contributed by atoms with Gasteiger partial charge in [-0.3, -0.25) is 0 Å². The zero-order chi connectivity index (χ0) is 30.5. The van der Waals surface area contributed by atoms with Crippen LogP contribution in [0.5, 0.6) is 11.5 Å². The molecule has 0 spiro atoms. The third kappa shape index (κ3) is 8.93. The zero-order valence-electron chi connectivity index (χ0n) is 22.8. The Balaban J connectivity index is 1.62. The van der Waals surface area contributed by atoms with Crippen LogP contribution in [0.15, 0.2) is 102 Å². The van der Waals surface area contributed by atoms with Crippen molar-refractivity contribution in [3.05, 3.63) is 119 Å². The zero-order valence-corrected chi connectivity index (χ0v) is 23.6. The van der Waals surface area contributed by atoms with E-state index in [9.17, 15) is 31.4 Å². The molecule has 1 unspecified atom stereocenters. The molecule has 222 valence electrons. The number of anilines is 1. The Morgan fingerprint density at radius 1 is 0.762 bits per heavy atom. The standard InChI is InChI=1S/C32H29F6NO2S/c1-21(2)24-7-4-9-27(17-24)41-28-10-5-8-26(18-28)39(19-22-6-3-11-29(16-22)42-32(36,37)38)20-30(40)23-12-14-25(15-13-23)31(33,34)35/h3-18,21,30,40H,19-20H2,1-2H3. The number of rotatable bonds is 10. The average Bonchev–Trinajstić information content (AvgIpc) is 2.92. The van der Waals surface area contributed by atoms with Crippen LogP contribution in [0.25, 0.3) is 0 Å². The number of nitrogens with zero attached hydrogens (tertiary/aromatic N) is 1. The van der Waals surface area contributed by atoms with Gasteiger partial charge in [-0.25, -0.2) is 0 Å². The number of hydrogen-bond acceptors (Lipinski definition) is 4. The number of thioether (sulfide) groups is 1. The topological polar surface area (TPSA) is 32.7 Å². The summed E-state index contributed by atoms with van der Waals surface area (Å²) in [7, 11) is 0. The number of ether oxygens (including phenoxy) is 1. The van der Waals surface area contributed by atoms with Crippen molar-refractivity contribution in [1.29, 1.82) is 0 Å². The van der Waals surface area contributed by atoms with Crippen LogP contribution in [0.1, 0.15) is 48.1 Å². The minimum atomic E-state index is -4.51. The normalized spacial score (nSPS) is 12.8. The molecule has 0 fully saturated rings. The van der Waals surface area contributed by atoms with Crippen LogP contribution >= 0.6 is 11.8 Å². The Morgan fingerprint density at radius 3 is 2.05 bits per heavy atom. The largest absolute Gasteiger partial charge is 0.457 e. The quantitative estimate of drug-likeness (QED) is 0.144. The van der Waals surface area contributed by atoms with E-state index in [0.29, 0.717) is 28.7 Å². The van der Waals surface area contributed by atoms with E-state index in [1.807, 2.05) is 24.3 Å². The van der Waals surface area contributed by atoms with Gasteiger partial charge >= 0.3 is 11.7 Å². The molecule has 42 heavy (non-hydrogen) atoms. The number of benzene rings is 4. The monoisotopic (exact) mass is 605 g/mol. The Labute approximate surface area is 244 Å². The first-order chi connectivity index (χ1) is 19.8. The Bertz CT molecular complexity index is 1470. The number of alkyl halides is 6. The molecule has 0 bridgehead atoms. The van der Waals surface area contributed by atoms with Crippen molar-refractivity contribution in [2.45, 2.75) is 49.0 Å². The maximum absolute atomic E-state index is 13.0. The molecular formula is C32H29F6NO2S. The fourth-order valence-corrected chi connectivity index (χ4v) is 4.97. The predicted molar refractivity (Wildman–Crippen MR) is 153 cm³/mol. The average molecular weight is 606 g/mol. The molecule has 10 heteroatoms. The van der Waals surface area contributed by atoms with Crippen LogP contribution in [-0.2, 0) is 12.7 Å². The summed E-state index contributed by atoms with van der Waals surface area (Å²) >= 11 is -0.221. The molecule has 3 nitrogen and oxygen atoms in total. The molecule has 0 aliphatic carbocycles. The highest BCUT2D eigenvalue weighted by molar-refractivity contribution is 8.00. The van der Waals surface area contributed by atoms with Crippen LogP contribution in [0.3, 0.4) is 0 Å². The molecule has 0 aromatic heterocycles. The SMILES string of the molecule is CC(C)c1cccc(Oc2cccc(N(Cc3cccc(SC(F)(F)F)c3)CC(O)c3ccc(C(F)(F)F)cc3)c2)c1. The van der Waals surface area contributed by atoms with Crippen molar-refractivity contribution in [2.75, 3.05) is 11.4 Å². The molecule has 0 saturated heterocycles. The first-order valence-electron chi connectivity index (χ1n) is 13.1. The Kier molecular flexibility index (Phi) is 9.78. The van der Waals surface area contributed by atoms with Gasteiger partial charge in [0.2, 0.25) is 0 Å². The molecule has 0 heterocycles. The van der Waals surface area contributed by atoms with E-state index < -0.39 is 23.4 Å². The van der Waals surface area contributed by atoms with Crippen molar-refractivity contribution in [1.82, 2.24) is 0 Å². The second kappa shape index (κ2) is 13.1. The lowest BCUT2D eigenvalue weighted by atomic mass is 10.0. The highest BCUT2D eigenvalue weighted by Gasteiger charge is 2.31. The fourth-order valence-electron chi connectivity index (χ4n) is 4.35. The number of halogens is 6. The summed E-state index contributed by atoms with van der Waals surface area (Å²) in [5.41, 5.74) is -2.75. The lowest BCUT2D eigenvalue weighted by Gasteiger charge is -2.28. The summed E-state index contributed by atoms with van der Waals surface area (Å²) in [5, 5.41) is 11.0. The van der Waals surface area contributed by atoms with Crippen molar-refractivity contribution in [3.63, 3.8) is 0 Å². The van der Waals surface area contributed by atoms with Gasteiger partial charge in [-0.05, 0) is 82.9 Å². The first-order valence-corrected chi connectivity index (χ1v) is 13.9. The fraction of sp³-hybridized carbons (Fsp3) is 0.250. The summed E-state index contributed by atoms with van der Waals surface area (Å²) in [6.07, 6.45) is -5.70. The van der Waals surface area contributed by atoms with Crippen molar-refractivity contribution in [3.8, 4) is 11.5 Å². The summed E-state index contributed by atoms with van der Waals surface area (Å²) in [6.45, 7) is 4.22. The van der Waals surface area contributed by atoms with E-state index in [-0.39, 0.29) is 35.3 Å². The third-order valence-electron chi connectivity index (χ3n) is 6.46. The van der Waals surface area contributed by atoms with Crippen LogP contribution in [-0.4, -0.2) is 17.2 Å². The minimum absolute atomic E-state index is 0.0188. The predicted octanol–water partition coefficient (Wildman–Crippen LogP) is 9.97. The van der Waals surface area contributed by atoms with Gasteiger partial charge in [-0.2, -0.15) is 26.3 Å². The molecular weight excluding hydrogens is 576 g/mol. The van der Waals surface area contributed by atoms with Crippen LogP contribution in [0, 0.1) is 0 Å². The van der Waals surface area contributed by atoms with Crippen molar-refractivity contribution >= 4 is 17.4 Å². The molecule has 4 rings (SSSR count). The van der Waals surface area contributed by atoms with Gasteiger partial charge in [0.15, 0.2) is 0 Å². The Morgan fingerprint density at radius 2 is 1.40 bits per heavy atom. The Hall–Kier alpha value is -3.63. The second-order valence-electron chi connectivity index (χ2n) is 10.0. The smallest absolute Gasteiger partial charge is 0.446 e. The molecule has 0 aliphatic rings. The van der Waals surface area contributed by atoms with Crippen LogP contribution in [0.2, 0.25) is 0 Å². The van der Waals surface area contributed by atoms with Gasteiger partial charge in [0, 0.05) is 29.7 Å². The number of aliphatic hydroxyl groups is 1. The molecule has 0 saturated carbocycles. The molecule has 1 atom stereocenters. The summed E-state index contributed by atoms with van der Waals surface area (Å²) < 4.78 is 84.2. The molecule has 1 N–H and O–H groups in total. The lowest BCUT2D eigenvalue weighted by Crippen LogP contribution is -2.28. The highest BCUT2D eigenvalue weighted by atomic mass is 32.2. The first kappa shape index (κ1) is 31.3. The van der Waals surface area contributed by atoms with Crippen LogP contribution < -0.4 is 9.64 Å².